The first-order valence-corrected chi connectivity index (χ1v) is 9.41. The van der Waals surface area contributed by atoms with Crippen LogP contribution in [0.15, 0.2) is 0 Å². The zero-order valence-corrected chi connectivity index (χ0v) is 12.6. The number of hydrogen-bond acceptors (Lipinski definition) is 7. The van der Waals surface area contributed by atoms with Crippen molar-refractivity contribution in [3.63, 3.8) is 0 Å². The predicted molar refractivity (Wildman–Crippen MR) is 69.4 cm³/mol. The summed E-state index contributed by atoms with van der Waals surface area (Å²) < 4.78 is 53.2. The number of nitrogens with one attached hydrogen (secondary N) is 1. The number of sulfonamides is 1. The first-order chi connectivity index (χ1) is 9.19. The van der Waals surface area contributed by atoms with Crippen molar-refractivity contribution < 1.29 is 26.4 Å². The summed E-state index contributed by atoms with van der Waals surface area (Å²) in [5.74, 6) is -0.282. The molecule has 0 aromatic heterocycles. The molecule has 0 radical (unpaired) electrons. The van der Waals surface area contributed by atoms with Crippen LogP contribution in [0.1, 0.15) is 6.42 Å². The van der Waals surface area contributed by atoms with E-state index in [1.165, 1.54) is 0 Å². The Morgan fingerprint density at radius 1 is 1.15 bits per heavy atom. The number of nitrogens with zero attached hydrogens (tertiary/aromatic N) is 2. The Hall–Kier alpha value is -0.750. The average Bonchev–Trinajstić information content (AvgIpc) is 2.72. The minimum atomic E-state index is -4.05. The molecular weight excluding hydrogens is 310 g/mol. The number of carbonyl (C=O) groups excluding carboxylic acids is 1. The van der Waals surface area contributed by atoms with Crippen LogP contribution in [-0.2, 0) is 29.8 Å². The quantitative estimate of drug-likeness (QED) is 0.578. The lowest BCUT2D eigenvalue weighted by Gasteiger charge is -2.35. The highest BCUT2D eigenvalue weighted by Crippen LogP contribution is 2.17. The molecule has 0 spiro atoms. The Bertz CT molecular complexity index is 579. The van der Waals surface area contributed by atoms with E-state index in [2.05, 4.69) is 0 Å². The van der Waals surface area contributed by atoms with Crippen molar-refractivity contribution in [1.82, 2.24) is 13.3 Å². The zero-order chi connectivity index (χ0) is 15.0. The third kappa shape index (κ3) is 3.67. The van der Waals surface area contributed by atoms with E-state index in [9.17, 15) is 21.6 Å². The third-order valence-corrected chi connectivity index (χ3v) is 6.32. The van der Waals surface area contributed by atoms with Crippen LogP contribution in [0.2, 0.25) is 0 Å². The summed E-state index contributed by atoms with van der Waals surface area (Å²) in [6, 6.07) is -0.317. The van der Waals surface area contributed by atoms with E-state index in [1.54, 1.807) is 4.13 Å². The van der Waals surface area contributed by atoms with E-state index in [0.29, 0.717) is 26.1 Å². The molecule has 0 aromatic rings. The van der Waals surface area contributed by atoms with E-state index in [4.69, 9.17) is 4.74 Å². The topological polar surface area (TPSA) is 113 Å². The molecular formula is C9H17N3O6S2. The molecule has 1 unspecified atom stereocenters. The van der Waals surface area contributed by atoms with Crippen molar-refractivity contribution in [3.8, 4) is 0 Å². The molecule has 2 aliphatic heterocycles. The van der Waals surface area contributed by atoms with E-state index >= 15 is 0 Å². The molecule has 0 aromatic carbocycles. The molecule has 0 bridgehead atoms. The minimum Gasteiger partial charge on any atom is -0.464 e. The van der Waals surface area contributed by atoms with Gasteiger partial charge < -0.3 is 4.74 Å². The van der Waals surface area contributed by atoms with Crippen LogP contribution in [0.4, 0.5) is 0 Å². The first-order valence-electron chi connectivity index (χ1n) is 6.08. The number of ether oxygens (including phenoxy) is 1. The number of esters is 1. The van der Waals surface area contributed by atoms with Crippen molar-refractivity contribution in [2.75, 3.05) is 39.0 Å². The van der Waals surface area contributed by atoms with Gasteiger partial charge in [-0.3, -0.25) is 9.69 Å². The zero-order valence-electron chi connectivity index (χ0n) is 11.0. The van der Waals surface area contributed by atoms with Crippen LogP contribution >= 0.6 is 0 Å². The Kier molecular flexibility index (Phi) is 4.35. The third-order valence-electron chi connectivity index (χ3n) is 3.22. The van der Waals surface area contributed by atoms with Crippen LogP contribution in [0.5, 0.6) is 0 Å². The Morgan fingerprint density at radius 3 is 2.20 bits per heavy atom. The van der Waals surface area contributed by atoms with Gasteiger partial charge in [0.05, 0.1) is 12.9 Å². The molecule has 2 rings (SSSR count). The summed E-state index contributed by atoms with van der Waals surface area (Å²) in [6.45, 7) is 1.38. The molecule has 2 fully saturated rings. The van der Waals surface area contributed by atoms with Gasteiger partial charge in [-0.05, 0) is 0 Å². The number of rotatable bonds is 4. The Balaban J connectivity index is 1.96. The smallest absolute Gasteiger partial charge is 0.323 e. The van der Waals surface area contributed by atoms with Gasteiger partial charge in [0.25, 0.3) is 10.2 Å². The lowest BCUT2D eigenvalue weighted by atomic mass is 10.2. The molecule has 0 saturated carbocycles. The Morgan fingerprint density at radius 2 is 1.75 bits per heavy atom. The second kappa shape index (κ2) is 5.56. The highest BCUT2D eigenvalue weighted by atomic mass is 32.3. The summed E-state index contributed by atoms with van der Waals surface area (Å²) >= 11 is 0. The van der Waals surface area contributed by atoms with Crippen molar-refractivity contribution in [2.45, 2.75) is 12.5 Å². The van der Waals surface area contributed by atoms with E-state index in [0.717, 1.165) is 10.6 Å². The number of carbonyl (C=O) groups is 1. The van der Waals surface area contributed by atoms with Gasteiger partial charge in [0.2, 0.25) is 10.0 Å². The Labute approximate surface area is 118 Å². The highest BCUT2D eigenvalue weighted by Gasteiger charge is 2.36. The summed E-state index contributed by atoms with van der Waals surface area (Å²) in [5, 5.41) is 0. The van der Waals surface area contributed by atoms with E-state index in [1.807, 2.05) is 4.90 Å². The van der Waals surface area contributed by atoms with E-state index < -0.39 is 20.2 Å². The van der Waals surface area contributed by atoms with Gasteiger partial charge in [-0.2, -0.15) is 12.7 Å². The van der Waals surface area contributed by atoms with E-state index in [-0.39, 0.29) is 25.1 Å². The van der Waals surface area contributed by atoms with Crippen molar-refractivity contribution in [3.05, 3.63) is 0 Å². The maximum Gasteiger partial charge on any atom is 0.323 e. The first kappa shape index (κ1) is 15.6. The normalized spacial score (nSPS) is 26.6. The summed E-state index contributed by atoms with van der Waals surface area (Å²) in [7, 11) is -7.89. The predicted octanol–water partition coefficient (Wildman–Crippen LogP) is -2.29. The second-order valence-corrected chi connectivity index (χ2v) is 8.45. The van der Waals surface area contributed by atoms with Crippen LogP contribution in [0, 0.1) is 0 Å². The molecule has 1 atom stereocenters. The molecule has 0 amide bonds. The van der Waals surface area contributed by atoms with Crippen LogP contribution in [0.25, 0.3) is 0 Å². The lowest BCUT2D eigenvalue weighted by Crippen LogP contribution is -2.55. The van der Waals surface area contributed by atoms with Crippen molar-refractivity contribution >= 4 is 26.2 Å². The number of piperazine rings is 1. The number of cyclic esters (lactones) is 1. The fraction of sp³-hybridized carbons (Fsp3) is 0.889. The minimum absolute atomic E-state index is 0.134. The molecule has 1 N–H and O–H groups in total. The molecule has 9 nitrogen and oxygen atoms in total. The summed E-state index contributed by atoms with van der Waals surface area (Å²) in [6.07, 6.45) is 1.39. The van der Waals surface area contributed by atoms with Gasteiger partial charge in [-0.1, -0.05) is 4.13 Å². The lowest BCUT2D eigenvalue weighted by molar-refractivity contribution is -0.142. The standard InChI is InChI=1S/C9H17N3O6S2/c1-19(14,15)10-20(16,17)12-5-3-11(4-6-12)8-2-7-18-9(8)13/h8,10H,2-7H2,1H3. The molecule has 20 heavy (non-hydrogen) atoms. The van der Waals surface area contributed by atoms with Gasteiger partial charge in [-0.25, -0.2) is 8.42 Å². The molecule has 2 aliphatic rings. The van der Waals surface area contributed by atoms with Crippen LogP contribution in [-0.4, -0.2) is 77.1 Å². The maximum atomic E-state index is 11.8. The fourth-order valence-corrected chi connectivity index (χ4v) is 4.91. The van der Waals surface area contributed by atoms with Gasteiger partial charge >= 0.3 is 5.97 Å². The molecule has 116 valence electrons. The maximum absolute atomic E-state index is 11.8. The summed E-state index contributed by atoms with van der Waals surface area (Å²) in [5.41, 5.74) is 0. The largest absolute Gasteiger partial charge is 0.464 e. The molecule has 2 saturated heterocycles. The van der Waals surface area contributed by atoms with Crippen molar-refractivity contribution in [1.29, 1.82) is 0 Å². The van der Waals surface area contributed by atoms with Gasteiger partial charge in [0.1, 0.15) is 6.04 Å². The van der Waals surface area contributed by atoms with Gasteiger partial charge in [-0.15, -0.1) is 0 Å². The second-order valence-electron chi connectivity index (χ2n) is 4.77. The van der Waals surface area contributed by atoms with Gasteiger partial charge in [0.15, 0.2) is 0 Å². The molecule has 2 heterocycles. The van der Waals surface area contributed by atoms with Gasteiger partial charge in [0, 0.05) is 32.6 Å². The van der Waals surface area contributed by atoms with Crippen LogP contribution < -0.4 is 4.13 Å². The highest BCUT2D eigenvalue weighted by molar-refractivity contribution is 8.03. The van der Waals surface area contributed by atoms with Crippen molar-refractivity contribution in [2.24, 2.45) is 0 Å². The monoisotopic (exact) mass is 327 g/mol. The average molecular weight is 327 g/mol. The molecule has 11 heteroatoms. The summed E-state index contributed by atoms with van der Waals surface area (Å²) in [4.78, 5) is 13.3. The number of hydrogen-bond donors (Lipinski definition) is 1. The van der Waals surface area contributed by atoms with Crippen LogP contribution in [0.3, 0.4) is 0 Å². The fourth-order valence-electron chi connectivity index (χ4n) is 2.32. The SMILES string of the molecule is CS(=O)(=O)NS(=O)(=O)N1CCN(C2CCOC2=O)CC1. The molecule has 0 aliphatic carbocycles.